The van der Waals surface area contributed by atoms with Gasteiger partial charge in [0.2, 0.25) is 5.91 Å². The van der Waals surface area contributed by atoms with E-state index in [1.807, 2.05) is 0 Å². The van der Waals surface area contributed by atoms with Crippen LogP contribution in [0.25, 0.3) is 0 Å². The van der Waals surface area contributed by atoms with Crippen molar-refractivity contribution in [2.75, 3.05) is 6.54 Å². The SMILES string of the molecule is CC(C)N(CC(N)=O)C(=O)c1ccc(O)c(Cl)c1. The van der Waals surface area contributed by atoms with E-state index >= 15 is 0 Å². The normalized spacial score (nSPS) is 10.4. The first-order valence-corrected chi connectivity index (χ1v) is 5.78. The van der Waals surface area contributed by atoms with Crippen molar-refractivity contribution >= 4 is 23.4 Å². The van der Waals surface area contributed by atoms with Crippen molar-refractivity contribution in [1.29, 1.82) is 0 Å². The summed E-state index contributed by atoms with van der Waals surface area (Å²) >= 11 is 5.74. The molecule has 0 atom stereocenters. The predicted molar refractivity (Wildman–Crippen MR) is 68.5 cm³/mol. The van der Waals surface area contributed by atoms with E-state index in [-0.39, 0.29) is 29.3 Å². The minimum absolute atomic E-state index is 0.0867. The fraction of sp³-hybridized carbons (Fsp3) is 0.333. The first-order valence-electron chi connectivity index (χ1n) is 5.40. The summed E-state index contributed by atoms with van der Waals surface area (Å²) in [5, 5.41) is 9.37. The van der Waals surface area contributed by atoms with E-state index in [0.717, 1.165) is 0 Å². The summed E-state index contributed by atoms with van der Waals surface area (Å²) in [5.41, 5.74) is 5.40. The Morgan fingerprint density at radius 2 is 2.06 bits per heavy atom. The smallest absolute Gasteiger partial charge is 0.254 e. The molecule has 0 saturated carbocycles. The number of aromatic hydroxyl groups is 1. The molecule has 1 aromatic rings. The summed E-state index contributed by atoms with van der Waals surface area (Å²) < 4.78 is 0. The van der Waals surface area contributed by atoms with E-state index < -0.39 is 5.91 Å². The third-order valence-corrected chi connectivity index (χ3v) is 2.71. The molecule has 98 valence electrons. The Morgan fingerprint density at radius 1 is 1.44 bits per heavy atom. The van der Waals surface area contributed by atoms with Gasteiger partial charge in [-0.3, -0.25) is 9.59 Å². The zero-order chi connectivity index (χ0) is 13.9. The van der Waals surface area contributed by atoms with Crippen LogP contribution in [0.4, 0.5) is 0 Å². The molecule has 2 amide bonds. The molecule has 1 aromatic carbocycles. The van der Waals surface area contributed by atoms with Crippen LogP contribution in [-0.4, -0.2) is 34.4 Å². The van der Waals surface area contributed by atoms with Crippen molar-refractivity contribution in [1.82, 2.24) is 4.90 Å². The molecular formula is C12H15ClN2O3. The van der Waals surface area contributed by atoms with Gasteiger partial charge in [-0.25, -0.2) is 0 Å². The Labute approximate surface area is 110 Å². The van der Waals surface area contributed by atoms with Gasteiger partial charge in [0.15, 0.2) is 0 Å². The molecule has 0 unspecified atom stereocenters. The van der Waals surface area contributed by atoms with Gasteiger partial charge in [-0.05, 0) is 32.0 Å². The van der Waals surface area contributed by atoms with E-state index in [4.69, 9.17) is 17.3 Å². The fourth-order valence-electron chi connectivity index (χ4n) is 1.46. The number of hydrogen-bond acceptors (Lipinski definition) is 3. The molecule has 0 fully saturated rings. The number of rotatable bonds is 4. The minimum atomic E-state index is -0.582. The molecule has 5 nitrogen and oxygen atoms in total. The van der Waals surface area contributed by atoms with Crippen LogP contribution >= 0.6 is 11.6 Å². The summed E-state index contributed by atoms with van der Waals surface area (Å²) in [6, 6.07) is 3.96. The molecule has 18 heavy (non-hydrogen) atoms. The van der Waals surface area contributed by atoms with Crippen molar-refractivity contribution < 1.29 is 14.7 Å². The number of carbonyl (C=O) groups excluding carboxylic acids is 2. The molecule has 0 radical (unpaired) electrons. The van der Waals surface area contributed by atoms with Crippen LogP contribution < -0.4 is 5.73 Å². The molecule has 0 aliphatic rings. The largest absolute Gasteiger partial charge is 0.506 e. The molecule has 0 aliphatic heterocycles. The van der Waals surface area contributed by atoms with Gasteiger partial charge < -0.3 is 15.7 Å². The van der Waals surface area contributed by atoms with Crippen LogP contribution in [0.3, 0.4) is 0 Å². The highest BCUT2D eigenvalue weighted by atomic mass is 35.5. The lowest BCUT2D eigenvalue weighted by Gasteiger charge is -2.25. The third kappa shape index (κ3) is 3.37. The van der Waals surface area contributed by atoms with Crippen molar-refractivity contribution in [3.8, 4) is 5.75 Å². The second-order valence-electron chi connectivity index (χ2n) is 4.16. The van der Waals surface area contributed by atoms with Crippen molar-refractivity contribution in [2.24, 2.45) is 5.73 Å². The van der Waals surface area contributed by atoms with Crippen molar-refractivity contribution in [3.05, 3.63) is 28.8 Å². The third-order valence-electron chi connectivity index (χ3n) is 2.41. The summed E-state index contributed by atoms with van der Waals surface area (Å²) in [6.45, 7) is 3.40. The van der Waals surface area contributed by atoms with E-state index in [2.05, 4.69) is 0 Å². The van der Waals surface area contributed by atoms with Crippen molar-refractivity contribution in [3.63, 3.8) is 0 Å². The Kier molecular flexibility index (Phi) is 4.55. The molecule has 0 saturated heterocycles. The number of amides is 2. The van der Waals surface area contributed by atoms with Crippen LogP contribution in [0.1, 0.15) is 24.2 Å². The number of primary amides is 1. The Bertz CT molecular complexity index is 474. The van der Waals surface area contributed by atoms with E-state index in [1.54, 1.807) is 13.8 Å². The first-order chi connectivity index (χ1) is 8.32. The van der Waals surface area contributed by atoms with Crippen LogP contribution in [0.5, 0.6) is 5.75 Å². The predicted octanol–water partition coefficient (Wildman–Crippen LogP) is 1.38. The van der Waals surface area contributed by atoms with Crippen LogP contribution in [0.2, 0.25) is 5.02 Å². The van der Waals surface area contributed by atoms with E-state index in [1.165, 1.54) is 23.1 Å². The number of phenolic OH excluding ortho intramolecular Hbond substituents is 1. The lowest BCUT2D eigenvalue weighted by Crippen LogP contribution is -2.42. The second-order valence-corrected chi connectivity index (χ2v) is 4.57. The van der Waals surface area contributed by atoms with Gasteiger partial charge in [-0.1, -0.05) is 11.6 Å². The lowest BCUT2D eigenvalue weighted by atomic mass is 10.1. The molecule has 1 rings (SSSR count). The van der Waals surface area contributed by atoms with Gasteiger partial charge in [-0.2, -0.15) is 0 Å². The number of nitrogens with zero attached hydrogens (tertiary/aromatic N) is 1. The van der Waals surface area contributed by atoms with E-state index in [0.29, 0.717) is 5.56 Å². The summed E-state index contributed by atoms with van der Waals surface area (Å²) in [5.74, 6) is -1.04. The number of carbonyl (C=O) groups is 2. The fourth-order valence-corrected chi connectivity index (χ4v) is 1.64. The number of phenols is 1. The van der Waals surface area contributed by atoms with Gasteiger partial charge in [0.1, 0.15) is 5.75 Å². The Balaban J connectivity index is 3.02. The Morgan fingerprint density at radius 3 is 2.50 bits per heavy atom. The number of hydrogen-bond donors (Lipinski definition) is 2. The number of halogens is 1. The molecule has 0 aromatic heterocycles. The molecular weight excluding hydrogens is 256 g/mol. The molecule has 6 heteroatoms. The molecule has 0 bridgehead atoms. The van der Waals surface area contributed by atoms with E-state index in [9.17, 15) is 14.7 Å². The summed E-state index contributed by atoms with van der Waals surface area (Å²) in [4.78, 5) is 24.4. The second kappa shape index (κ2) is 5.73. The molecule has 3 N–H and O–H groups in total. The maximum atomic E-state index is 12.2. The maximum absolute atomic E-state index is 12.2. The van der Waals surface area contributed by atoms with Gasteiger partial charge >= 0.3 is 0 Å². The van der Waals surface area contributed by atoms with Gasteiger partial charge in [0, 0.05) is 11.6 Å². The zero-order valence-electron chi connectivity index (χ0n) is 10.2. The Hall–Kier alpha value is -1.75. The van der Waals surface area contributed by atoms with Gasteiger partial charge in [0.25, 0.3) is 5.91 Å². The first kappa shape index (κ1) is 14.3. The van der Waals surface area contributed by atoms with Gasteiger partial charge in [0.05, 0.1) is 11.6 Å². The molecule has 0 spiro atoms. The maximum Gasteiger partial charge on any atom is 0.254 e. The topological polar surface area (TPSA) is 83.6 Å². The van der Waals surface area contributed by atoms with Crippen LogP contribution in [0.15, 0.2) is 18.2 Å². The zero-order valence-corrected chi connectivity index (χ0v) is 10.9. The number of nitrogens with two attached hydrogens (primary N) is 1. The highest BCUT2D eigenvalue weighted by Gasteiger charge is 2.21. The average Bonchev–Trinajstić information content (AvgIpc) is 2.28. The highest BCUT2D eigenvalue weighted by molar-refractivity contribution is 6.32. The minimum Gasteiger partial charge on any atom is -0.506 e. The highest BCUT2D eigenvalue weighted by Crippen LogP contribution is 2.24. The molecule has 0 aliphatic carbocycles. The standard InChI is InChI=1S/C12H15ClN2O3/c1-7(2)15(6-11(14)17)12(18)8-3-4-10(16)9(13)5-8/h3-5,7,16H,6H2,1-2H3,(H2,14,17). The van der Waals surface area contributed by atoms with Crippen molar-refractivity contribution in [2.45, 2.75) is 19.9 Å². The van der Waals surface area contributed by atoms with Crippen LogP contribution in [0, 0.1) is 0 Å². The number of benzene rings is 1. The van der Waals surface area contributed by atoms with Gasteiger partial charge in [-0.15, -0.1) is 0 Å². The summed E-state index contributed by atoms with van der Waals surface area (Å²) in [7, 11) is 0. The average molecular weight is 271 g/mol. The summed E-state index contributed by atoms with van der Waals surface area (Å²) in [6.07, 6.45) is 0. The van der Waals surface area contributed by atoms with Crippen LogP contribution in [-0.2, 0) is 4.79 Å². The molecule has 0 heterocycles. The lowest BCUT2D eigenvalue weighted by molar-refractivity contribution is -0.119. The monoisotopic (exact) mass is 270 g/mol. The quantitative estimate of drug-likeness (QED) is 0.867.